The summed E-state index contributed by atoms with van der Waals surface area (Å²) in [6, 6.07) is 23.4. The summed E-state index contributed by atoms with van der Waals surface area (Å²) in [6.07, 6.45) is 1.49. The lowest BCUT2D eigenvalue weighted by atomic mass is 10.2. The second-order valence-corrected chi connectivity index (χ2v) is 10.9. The molecule has 0 spiro atoms. The van der Waals surface area contributed by atoms with Crippen LogP contribution >= 0.6 is 39.1 Å². The molecule has 0 saturated carbocycles. The highest BCUT2D eigenvalue weighted by Gasteiger charge is 2.20. The lowest BCUT2D eigenvalue weighted by molar-refractivity contribution is 0.284. The van der Waals surface area contributed by atoms with Crippen molar-refractivity contribution < 1.29 is 18.6 Å². The number of aromatic nitrogens is 2. The number of hydrogen-bond acceptors (Lipinski definition) is 7. The number of furan rings is 1. The van der Waals surface area contributed by atoms with E-state index >= 15 is 0 Å². The van der Waals surface area contributed by atoms with Crippen LogP contribution in [0.15, 0.2) is 97.6 Å². The van der Waals surface area contributed by atoms with E-state index in [1.54, 1.807) is 43.5 Å². The van der Waals surface area contributed by atoms with E-state index < -0.39 is 0 Å². The third-order valence-electron chi connectivity index (χ3n) is 6.73. The van der Waals surface area contributed by atoms with Gasteiger partial charge in [-0.3, -0.25) is 4.79 Å². The molecule has 0 atom stereocenters. The Morgan fingerprint density at radius 2 is 1.72 bits per heavy atom. The van der Waals surface area contributed by atoms with E-state index in [2.05, 4.69) is 21.0 Å². The van der Waals surface area contributed by atoms with Crippen LogP contribution in [0.1, 0.15) is 11.1 Å². The monoisotopic (exact) mass is 677 g/mol. The van der Waals surface area contributed by atoms with Gasteiger partial charge in [0.05, 0.1) is 36.7 Å². The maximum absolute atomic E-state index is 13.7. The number of methoxy groups -OCH3 is 2. The van der Waals surface area contributed by atoms with Crippen LogP contribution in [0.2, 0.25) is 10.0 Å². The van der Waals surface area contributed by atoms with Gasteiger partial charge >= 0.3 is 0 Å². The highest BCUT2D eigenvalue weighted by Crippen LogP contribution is 2.43. The number of hydrogen-bond donors (Lipinski definition) is 0. The van der Waals surface area contributed by atoms with Gasteiger partial charge in [-0.25, -0.2) is 4.98 Å². The smallest absolute Gasteiger partial charge is 0.282 e. The molecular weight excluding hydrogens is 657 g/mol. The van der Waals surface area contributed by atoms with Crippen LogP contribution in [-0.2, 0) is 6.61 Å². The molecule has 0 saturated heterocycles. The Kier molecular flexibility index (Phi) is 8.12. The Morgan fingerprint density at radius 3 is 2.51 bits per heavy atom. The second kappa shape index (κ2) is 12.1. The Hall–Kier alpha value is -4.31. The fraction of sp³-hybridized carbons (Fsp3) is 0.0938. The molecule has 6 aromatic rings. The van der Waals surface area contributed by atoms with Crippen LogP contribution in [0.25, 0.3) is 33.5 Å². The molecule has 0 amide bonds. The van der Waals surface area contributed by atoms with Gasteiger partial charge in [0.2, 0.25) is 5.82 Å². The first kappa shape index (κ1) is 28.8. The van der Waals surface area contributed by atoms with Crippen molar-refractivity contribution in [3.8, 4) is 28.8 Å². The summed E-state index contributed by atoms with van der Waals surface area (Å²) in [5.41, 5.74) is 2.04. The fourth-order valence-electron chi connectivity index (χ4n) is 4.58. The standard InChI is InChI=1S/C32H22BrCl2N3O5/c1-40-24-12-7-13-25-21(24)15-27(43-25)31-37-23-11-6-4-9-20(23)32(39)38(31)36-16-19-14-26(41-2)30(29(35)28(19)33)42-17-18-8-3-5-10-22(18)34/h3-16H,17H2,1-2H3. The summed E-state index contributed by atoms with van der Waals surface area (Å²) >= 11 is 16.6. The largest absolute Gasteiger partial charge is 0.496 e. The summed E-state index contributed by atoms with van der Waals surface area (Å²) < 4.78 is 24.9. The third-order valence-corrected chi connectivity index (χ3v) is 8.55. The minimum atomic E-state index is -0.377. The lowest BCUT2D eigenvalue weighted by Crippen LogP contribution is -2.20. The number of halogens is 3. The Labute approximate surface area is 264 Å². The third kappa shape index (κ3) is 5.47. The Balaban J connectivity index is 1.44. The van der Waals surface area contributed by atoms with Gasteiger partial charge in [-0.2, -0.15) is 9.78 Å². The molecule has 0 fully saturated rings. The zero-order valence-electron chi connectivity index (χ0n) is 22.8. The molecule has 0 N–H and O–H groups in total. The van der Waals surface area contributed by atoms with Crippen LogP contribution in [0, 0.1) is 0 Å². The van der Waals surface area contributed by atoms with Crippen LogP contribution in [0.4, 0.5) is 0 Å². The van der Waals surface area contributed by atoms with Gasteiger partial charge in [0, 0.05) is 20.6 Å². The Morgan fingerprint density at radius 1 is 0.953 bits per heavy atom. The van der Waals surface area contributed by atoms with Crippen molar-refractivity contribution in [3.05, 3.63) is 115 Å². The van der Waals surface area contributed by atoms with Crippen LogP contribution in [-0.4, -0.2) is 30.1 Å². The van der Waals surface area contributed by atoms with E-state index in [0.29, 0.717) is 54.6 Å². The highest BCUT2D eigenvalue weighted by molar-refractivity contribution is 9.10. The molecule has 0 radical (unpaired) electrons. The first-order chi connectivity index (χ1) is 20.9. The van der Waals surface area contributed by atoms with Crippen molar-refractivity contribution in [2.45, 2.75) is 6.61 Å². The maximum Gasteiger partial charge on any atom is 0.282 e. The molecule has 4 aromatic carbocycles. The zero-order valence-corrected chi connectivity index (χ0v) is 25.9. The van der Waals surface area contributed by atoms with E-state index in [1.807, 2.05) is 42.5 Å². The average molecular weight is 679 g/mol. The van der Waals surface area contributed by atoms with E-state index in [-0.39, 0.29) is 23.0 Å². The molecule has 0 unspecified atom stereocenters. The lowest BCUT2D eigenvalue weighted by Gasteiger charge is -2.15. The predicted octanol–water partition coefficient (Wildman–Crippen LogP) is 8.36. The molecule has 2 aromatic heterocycles. The normalized spacial score (nSPS) is 11.5. The van der Waals surface area contributed by atoms with Gasteiger partial charge in [-0.15, -0.1) is 0 Å². The summed E-state index contributed by atoms with van der Waals surface area (Å²) in [5.74, 6) is 1.89. The Bertz CT molecular complexity index is 2090. The van der Waals surface area contributed by atoms with Crippen molar-refractivity contribution >= 4 is 67.2 Å². The molecule has 0 aliphatic rings. The SMILES string of the molecule is COc1cc(C=Nn2c(-c3cc4c(OC)cccc4o3)nc3ccccc3c2=O)c(Br)c(Cl)c1OCc1ccccc1Cl. The molecular formula is C32H22BrCl2N3O5. The number of fused-ring (bicyclic) bond motifs is 2. The van der Waals surface area contributed by atoms with Crippen molar-refractivity contribution in [1.29, 1.82) is 0 Å². The van der Waals surface area contributed by atoms with E-state index in [4.69, 9.17) is 46.8 Å². The molecule has 0 bridgehead atoms. The van der Waals surface area contributed by atoms with Gasteiger partial charge in [0.25, 0.3) is 5.56 Å². The topological polar surface area (TPSA) is 88.1 Å². The first-order valence-electron chi connectivity index (χ1n) is 12.9. The molecule has 11 heteroatoms. The van der Waals surface area contributed by atoms with Crippen LogP contribution in [0.3, 0.4) is 0 Å². The molecule has 43 heavy (non-hydrogen) atoms. The van der Waals surface area contributed by atoms with Gasteiger partial charge in [-0.05, 0) is 58.4 Å². The summed E-state index contributed by atoms with van der Waals surface area (Å²) in [5, 5.41) is 6.53. The van der Waals surface area contributed by atoms with Gasteiger partial charge in [-0.1, -0.05) is 59.6 Å². The summed E-state index contributed by atoms with van der Waals surface area (Å²) in [7, 11) is 3.09. The summed E-state index contributed by atoms with van der Waals surface area (Å²) in [4.78, 5) is 18.4. The number of ether oxygens (including phenoxy) is 3. The molecule has 216 valence electrons. The minimum Gasteiger partial charge on any atom is -0.496 e. The average Bonchev–Trinajstić information content (AvgIpc) is 3.47. The number of para-hydroxylation sites is 1. The van der Waals surface area contributed by atoms with E-state index in [9.17, 15) is 4.79 Å². The zero-order chi connectivity index (χ0) is 30.1. The quantitative estimate of drug-likeness (QED) is 0.150. The molecule has 8 nitrogen and oxygen atoms in total. The molecule has 6 rings (SSSR count). The van der Waals surface area contributed by atoms with Gasteiger partial charge in [0.15, 0.2) is 17.3 Å². The molecule has 0 aliphatic heterocycles. The van der Waals surface area contributed by atoms with Crippen molar-refractivity contribution in [2.24, 2.45) is 5.10 Å². The maximum atomic E-state index is 13.7. The van der Waals surface area contributed by atoms with Gasteiger partial charge < -0.3 is 18.6 Å². The predicted molar refractivity (Wildman–Crippen MR) is 172 cm³/mol. The first-order valence-corrected chi connectivity index (χ1v) is 14.5. The van der Waals surface area contributed by atoms with Crippen LogP contribution < -0.4 is 19.8 Å². The van der Waals surface area contributed by atoms with Crippen molar-refractivity contribution in [2.75, 3.05) is 14.2 Å². The number of rotatable bonds is 8. The van der Waals surface area contributed by atoms with Crippen LogP contribution in [0.5, 0.6) is 17.2 Å². The minimum absolute atomic E-state index is 0.180. The van der Waals surface area contributed by atoms with Crippen molar-refractivity contribution in [1.82, 2.24) is 9.66 Å². The second-order valence-electron chi connectivity index (χ2n) is 9.30. The van der Waals surface area contributed by atoms with E-state index in [0.717, 1.165) is 10.9 Å². The van der Waals surface area contributed by atoms with Gasteiger partial charge in [0.1, 0.15) is 23.0 Å². The number of nitrogens with zero attached hydrogens (tertiary/aromatic N) is 3. The number of benzene rings is 4. The highest BCUT2D eigenvalue weighted by atomic mass is 79.9. The molecule has 2 heterocycles. The molecule has 0 aliphatic carbocycles. The summed E-state index contributed by atoms with van der Waals surface area (Å²) in [6.45, 7) is 0.180. The van der Waals surface area contributed by atoms with Crippen molar-refractivity contribution in [3.63, 3.8) is 0 Å². The fourth-order valence-corrected chi connectivity index (χ4v) is 5.43. The van der Waals surface area contributed by atoms with E-state index in [1.165, 1.54) is 18.0 Å².